The standard InChI is InChI=1S/C20H22N2O2/c1-5-10-21-19(23)16-8-6-7-9-18(16)22-20(24)17-12-14(3)13(2)11-15(17)4/h5-9,11-12H,1,10H2,2-4H3,(H,21,23)(H,22,24). The van der Waals surface area contributed by atoms with Crippen molar-refractivity contribution in [1.82, 2.24) is 5.32 Å². The first-order valence-electron chi connectivity index (χ1n) is 7.81. The molecule has 0 aliphatic heterocycles. The predicted molar refractivity (Wildman–Crippen MR) is 97.6 cm³/mol. The van der Waals surface area contributed by atoms with Gasteiger partial charge in [-0.05, 0) is 55.7 Å². The Morgan fingerprint density at radius 2 is 1.62 bits per heavy atom. The second kappa shape index (κ2) is 7.59. The fourth-order valence-electron chi connectivity index (χ4n) is 2.45. The number of aryl methyl sites for hydroxylation is 3. The normalized spacial score (nSPS) is 10.1. The van der Waals surface area contributed by atoms with E-state index < -0.39 is 0 Å². The molecule has 0 saturated carbocycles. The van der Waals surface area contributed by atoms with Crippen LogP contribution in [0.15, 0.2) is 49.1 Å². The molecule has 2 rings (SSSR count). The molecule has 0 unspecified atom stereocenters. The lowest BCUT2D eigenvalue weighted by Crippen LogP contribution is -2.25. The molecular weight excluding hydrogens is 300 g/mol. The van der Waals surface area contributed by atoms with Crippen LogP contribution in [-0.4, -0.2) is 18.4 Å². The lowest BCUT2D eigenvalue weighted by molar-refractivity contribution is 0.0959. The van der Waals surface area contributed by atoms with Gasteiger partial charge in [0.1, 0.15) is 0 Å². The Hall–Kier alpha value is -2.88. The molecule has 4 heteroatoms. The summed E-state index contributed by atoms with van der Waals surface area (Å²) in [6.45, 7) is 9.85. The Morgan fingerprint density at radius 3 is 2.33 bits per heavy atom. The highest BCUT2D eigenvalue weighted by molar-refractivity contribution is 6.09. The minimum Gasteiger partial charge on any atom is -0.349 e. The highest BCUT2D eigenvalue weighted by atomic mass is 16.2. The van der Waals surface area contributed by atoms with E-state index in [1.54, 1.807) is 30.3 Å². The maximum atomic E-state index is 12.6. The zero-order valence-corrected chi connectivity index (χ0v) is 14.3. The summed E-state index contributed by atoms with van der Waals surface area (Å²) in [5, 5.41) is 5.57. The molecule has 0 fully saturated rings. The van der Waals surface area contributed by atoms with Crippen molar-refractivity contribution in [3.8, 4) is 0 Å². The quantitative estimate of drug-likeness (QED) is 0.823. The topological polar surface area (TPSA) is 58.2 Å². The van der Waals surface area contributed by atoms with E-state index in [1.807, 2.05) is 32.9 Å². The minimum atomic E-state index is -0.248. The predicted octanol–water partition coefficient (Wildman–Crippen LogP) is 3.78. The third kappa shape index (κ3) is 3.90. The molecular formula is C20H22N2O2. The maximum absolute atomic E-state index is 12.6. The maximum Gasteiger partial charge on any atom is 0.255 e. The van der Waals surface area contributed by atoms with Crippen molar-refractivity contribution in [3.63, 3.8) is 0 Å². The molecule has 0 radical (unpaired) electrons. The fraction of sp³-hybridized carbons (Fsp3) is 0.200. The van der Waals surface area contributed by atoms with Gasteiger partial charge in [-0.3, -0.25) is 9.59 Å². The summed E-state index contributed by atoms with van der Waals surface area (Å²) in [5.74, 6) is -0.470. The molecule has 2 N–H and O–H groups in total. The third-order valence-electron chi connectivity index (χ3n) is 3.91. The largest absolute Gasteiger partial charge is 0.349 e. The summed E-state index contributed by atoms with van der Waals surface area (Å²) >= 11 is 0. The van der Waals surface area contributed by atoms with Gasteiger partial charge in [-0.15, -0.1) is 6.58 Å². The number of hydrogen-bond acceptors (Lipinski definition) is 2. The van der Waals surface area contributed by atoms with E-state index in [4.69, 9.17) is 0 Å². The van der Waals surface area contributed by atoms with Crippen LogP contribution in [0.4, 0.5) is 5.69 Å². The Balaban J connectivity index is 2.28. The molecule has 0 heterocycles. The van der Waals surface area contributed by atoms with Gasteiger partial charge in [-0.25, -0.2) is 0 Å². The van der Waals surface area contributed by atoms with Crippen molar-refractivity contribution in [2.45, 2.75) is 20.8 Å². The van der Waals surface area contributed by atoms with Gasteiger partial charge in [0, 0.05) is 12.1 Å². The average Bonchev–Trinajstić information content (AvgIpc) is 2.56. The van der Waals surface area contributed by atoms with Gasteiger partial charge < -0.3 is 10.6 Å². The summed E-state index contributed by atoms with van der Waals surface area (Å²) in [7, 11) is 0. The number of benzene rings is 2. The van der Waals surface area contributed by atoms with E-state index in [-0.39, 0.29) is 11.8 Å². The molecule has 24 heavy (non-hydrogen) atoms. The van der Waals surface area contributed by atoms with Gasteiger partial charge in [0.15, 0.2) is 0 Å². The smallest absolute Gasteiger partial charge is 0.255 e. The van der Waals surface area contributed by atoms with E-state index in [2.05, 4.69) is 17.2 Å². The number of hydrogen-bond donors (Lipinski definition) is 2. The molecule has 0 aliphatic rings. The van der Waals surface area contributed by atoms with E-state index in [0.29, 0.717) is 23.4 Å². The van der Waals surface area contributed by atoms with E-state index in [1.165, 1.54) is 0 Å². The van der Waals surface area contributed by atoms with Crippen molar-refractivity contribution in [2.75, 3.05) is 11.9 Å². The highest BCUT2D eigenvalue weighted by Crippen LogP contribution is 2.19. The van der Waals surface area contributed by atoms with Gasteiger partial charge in [-0.1, -0.05) is 24.3 Å². The van der Waals surface area contributed by atoms with Crippen LogP contribution in [0.3, 0.4) is 0 Å². The fourth-order valence-corrected chi connectivity index (χ4v) is 2.45. The molecule has 0 spiro atoms. The molecule has 4 nitrogen and oxygen atoms in total. The molecule has 2 amide bonds. The van der Waals surface area contributed by atoms with Crippen LogP contribution in [0.1, 0.15) is 37.4 Å². The molecule has 124 valence electrons. The summed E-state index contributed by atoms with van der Waals surface area (Å²) in [6.07, 6.45) is 1.61. The summed E-state index contributed by atoms with van der Waals surface area (Å²) in [4.78, 5) is 24.8. The van der Waals surface area contributed by atoms with Crippen LogP contribution in [0.5, 0.6) is 0 Å². The molecule has 0 bridgehead atoms. The second-order valence-corrected chi connectivity index (χ2v) is 5.75. The summed E-state index contributed by atoms with van der Waals surface area (Å²) in [6, 6.07) is 10.8. The van der Waals surface area contributed by atoms with Crippen molar-refractivity contribution >= 4 is 17.5 Å². The van der Waals surface area contributed by atoms with E-state index >= 15 is 0 Å². The van der Waals surface area contributed by atoms with Gasteiger partial charge >= 0.3 is 0 Å². The monoisotopic (exact) mass is 322 g/mol. The Kier molecular flexibility index (Phi) is 5.53. The van der Waals surface area contributed by atoms with Crippen LogP contribution in [0.25, 0.3) is 0 Å². The number of nitrogens with one attached hydrogen (secondary N) is 2. The lowest BCUT2D eigenvalue weighted by Gasteiger charge is -2.13. The molecule has 0 aromatic heterocycles. The van der Waals surface area contributed by atoms with Crippen LogP contribution < -0.4 is 10.6 Å². The van der Waals surface area contributed by atoms with Gasteiger partial charge in [-0.2, -0.15) is 0 Å². The lowest BCUT2D eigenvalue weighted by atomic mass is 10.00. The van der Waals surface area contributed by atoms with E-state index in [0.717, 1.165) is 16.7 Å². The zero-order valence-electron chi connectivity index (χ0n) is 14.3. The van der Waals surface area contributed by atoms with Crippen molar-refractivity contribution in [1.29, 1.82) is 0 Å². The highest BCUT2D eigenvalue weighted by Gasteiger charge is 2.15. The Labute approximate surface area is 142 Å². The average molecular weight is 322 g/mol. The zero-order chi connectivity index (χ0) is 17.7. The first-order chi connectivity index (χ1) is 11.4. The number of carbonyl (C=O) groups is 2. The Morgan fingerprint density at radius 1 is 0.958 bits per heavy atom. The van der Waals surface area contributed by atoms with Crippen molar-refractivity contribution in [3.05, 3.63) is 76.9 Å². The first kappa shape index (κ1) is 17.5. The first-order valence-corrected chi connectivity index (χ1v) is 7.81. The van der Waals surface area contributed by atoms with Gasteiger partial charge in [0.25, 0.3) is 11.8 Å². The minimum absolute atomic E-state index is 0.223. The number of para-hydroxylation sites is 1. The molecule has 0 atom stereocenters. The van der Waals surface area contributed by atoms with Crippen LogP contribution in [0.2, 0.25) is 0 Å². The molecule has 0 aliphatic carbocycles. The second-order valence-electron chi connectivity index (χ2n) is 5.75. The van der Waals surface area contributed by atoms with E-state index in [9.17, 15) is 9.59 Å². The number of rotatable bonds is 5. The number of amides is 2. The SMILES string of the molecule is C=CCNC(=O)c1ccccc1NC(=O)c1cc(C)c(C)cc1C. The Bertz CT molecular complexity index is 794. The van der Waals surface area contributed by atoms with Gasteiger partial charge in [0.2, 0.25) is 0 Å². The van der Waals surface area contributed by atoms with Crippen molar-refractivity contribution < 1.29 is 9.59 Å². The van der Waals surface area contributed by atoms with Gasteiger partial charge in [0.05, 0.1) is 11.3 Å². The summed E-state index contributed by atoms with van der Waals surface area (Å²) < 4.78 is 0. The van der Waals surface area contributed by atoms with Crippen LogP contribution in [-0.2, 0) is 0 Å². The van der Waals surface area contributed by atoms with Crippen LogP contribution >= 0.6 is 0 Å². The van der Waals surface area contributed by atoms with Crippen molar-refractivity contribution in [2.24, 2.45) is 0 Å². The molecule has 0 saturated heterocycles. The summed E-state index contributed by atoms with van der Waals surface area (Å²) in [5.41, 5.74) is 4.63. The third-order valence-corrected chi connectivity index (χ3v) is 3.91. The molecule has 2 aromatic rings. The van der Waals surface area contributed by atoms with Crippen LogP contribution in [0, 0.1) is 20.8 Å². The number of carbonyl (C=O) groups excluding carboxylic acids is 2. The molecule has 2 aromatic carbocycles. The number of anilines is 1.